The normalized spacial score (nSPS) is 23.2. The Labute approximate surface area is 185 Å². The number of aromatic hydroxyl groups is 1. The molecule has 162 valence electrons. The zero-order chi connectivity index (χ0) is 22.4. The van der Waals surface area contributed by atoms with Crippen molar-refractivity contribution < 1.29 is 24.2 Å². The van der Waals surface area contributed by atoms with Crippen molar-refractivity contribution in [2.75, 3.05) is 7.11 Å². The molecule has 30 heavy (non-hydrogen) atoms. The monoisotopic (exact) mass is 477 g/mol. The number of carbonyl (C=O) groups is 2. The molecule has 1 aliphatic heterocycles. The Morgan fingerprint density at radius 3 is 2.57 bits per heavy atom. The van der Waals surface area contributed by atoms with E-state index in [0.717, 1.165) is 5.70 Å². The number of hydrogen-bond acceptors (Lipinski definition) is 6. The SMILES string of the molecule is COc1cc([C@@H]2C3=C(CC(C)(C)CC3=O)N=C(C)C2C(=O)OC(C)C)cc(Br)c1O. The minimum Gasteiger partial charge on any atom is -0.503 e. The van der Waals surface area contributed by atoms with Crippen molar-refractivity contribution in [3.63, 3.8) is 0 Å². The molecular weight excluding hydrogens is 450 g/mol. The summed E-state index contributed by atoms with van der Waals surface area (Å²) in [5, 5.41) is 10.3. The first-order valence-electron chi connectivity index (χ1n) is 10.0. The maximum Gasteiger partial charge on any atom is 0.315 e. The number of allylic oxidation sites excluding steroid dienone is 2. The molecule has 1 heterocycles. The molecule has 0 amide bonds. The fourth-order valence-corrected chi connectivity index (χ4v) is 4.80. The highest BCUT2D eigenvalue weighted by molar-refractivity contribution is 9.10. The quantitative estimate of drug-likeness (QED) is 0.621. The predicted molar refractivity (Wildman–Crippen MR) is 118 cm³/mol. The molecule has 3 rings (SSSR count). The van der Waals surface area contributed by atoms with Crippen LogP contribution in [0.5, 0.6) is 11.5 Å². The molecule has 1 aliphatic carbocycles. The van der Waals surface area contributed by atoms with Crippen LogP contribution >= 0.6 is 15.9 Å². The van der Waals surface area contributed by atoms with Gasteiger partial charge in [0.25, 0.3) is 0 Å². The van der Waals surface area contributed by atoms with Crippen LogP contribution in [-0.4, -0.2) is 35.8 Å². The van der Waals surface area contributed by atoms with Crippen LogP contribution in [0.1, 0.15) is 58.9 Å². The summed E-state index contributed by atoms with van der Waals surface area (Å²) in [4.78, 5) is 31.0. The van der Waals surface area contributed by atoms with E-state index in [0.29, 0.717) is 34.2 Å². The van der Waals surface area contributed by atoms with E-state index >= 15 is 0 Å². The number of rotatable bonds is 4. The second-order valence-electron chi connectivity index (χ2n) is 9.05. The first-order valence-corrected chi connectivity index (χ1v) is 10.8. The largest absolute Gasteiger partial charge is 0.503 e. The van der Waals surface area contributed by atoms with Gasteiger partial charge in [-0.15, -0.1) is 0 Å². The van der Waals surface area contributed by atoms with Crippen molar-refractivity contribution in [2.24, 2.45) is 16.3 Å². The summed E-state index contributed by atoms with van der Waals surface area (Å²) in [5.41, 5.74) is 2.42. The molecule has 0 saturated carbocycles. The van der Waals surface area contributed by atoms with E-state index in [2.05, 4.69) is 15.9 Å². The lowest BCUT2D eigenvalue weighted by Crippen LogP contribution is -2.40. The molecule has 0 spiro atoms. The number of methoxy groups -OCH3 is 1. The molecule has 1 aromatic carbocycles. The van der Waals surface area contributed by atoms with E-state index in [-0.39, 0.29) is 28.8 Å². The smallest absolute Gasteiger partial charge is 0.315 e. The number of ketones is 1. The molecular formula is C23H28BrNO5. The van der Waals surface area contributed by atoms with Gasteiger partial charge in [-0.25, -0.2) is 0 Å². The second-order valence-corrected chi connectivity index (χ2v) is 9.90. The number of ether oxygens (including phenoxy) is 2. The summed E-state index contributed by atoms with van der Waals surface area (Å²) in [5.74, 6) is -1.47. The molecule has 2 aliphatic rings. The lowest BCUT2D eigenvalue weighted by molar-refractivity contribution is -0.150. The number of halogens is 1. The molecule has 0 bridgehead atoms. The van der Waals surface area contributed by atoms with Crippen LogP contribution in [-0.2, 0) is 14.3 Å². The molecule has 0 radical (unpaired) electrons. The molecule has 0 fully saturated rings. The Hall–Kier alpha value is -2.15. The van der Waals surface area contributed by atoms with Gasteiger partial charge in [0, 0.05) is 29.3 Å². The van der Waals surface area contributed by atoms with Gasteiger partial charge < -0.3 is 14.6 Å². The average Bonchev–Trinajstić information content (AvgIpc) is 2.60. The summed E-state index contributed by atoms with van der Waals surface area (Å²) < 4.78 is 11.3. The van der Waals surface area contributed by atoms with Crippen molar-refractivity contribution in [2.45, 2.75) is 59.5 Å². The van der Waals surface area contributed by atoms with Gasteiger partial charge in [0.15, 0.2) is 17.3 Å². The van der Waals surface area contributed by atoms with Gasteiger partial charge in [-0.05, 0) is 66.2 Å². The topological polar surface area (TPSA) is 85.2 Å². The van der Waals surface area contributed by atoms with Gasteiger partial charge in [-0.1, -0.05) is 13.8 Å². The van der Waals surface area contributed by atoms with Gasteiger partial charge in [0.1, 0.15) is 5.92 Å². The summed E-state index contributed by atoms with van der Waals surface area (Å²) >= 11 is 3.36. The molecule has 1 N–H and O–H groups in total. The van der Waals surface area contributed by atoms with Crippen molar-refractivity contribution in [1.29, 1.82) is 0 Å². The third kappa shape index (κ3) is 4.17. The summed E-state index contributed by atoms with van der Waals surface area (Å²) in [6, 6.07) is 3.41. The fourth-order valence-electron chi connectivity index (χ4n) is 4.35. The van der Waals surface area contributed by atoms with Gasteiger partial charge in [0.2, 0.25) is 0 Å². The Morgan fingerprint density at radius 2 is 1.97 bits per heavy atom. The van der Waals surface area contributed by atoms with Crippen LogP contribution < -0.4 is 4.74 Å². The van der Waals surface area contributed by atoms with E-state index in [1.54, 1.807) is 26.0 Å². The standard InChI is InChI=1S/C23H28BrNO5/c1-11(2)30-22(28)18-12(3)25-15-9-23(4,5)10-16(26)20(15)19(18)13-7-14(24)21(27)17(8-13)29-6/h7-8,11,18-19,27H,9-10H2,1-6H3/t18?,19-/m0/s1. The first kappa shape index (κ1) is 22.5. The molecule has 1 unspecified atom stereocenters. The van der Waals surface area contributed by atoms with Gasteiger partial charge in [-0.3, -0.25) is 14.6 Å². The van der Waals surface area contributed by atoms with Crippen molar-refractivity contribution in [3.8, 4) is 11.5 Å². The number of carbonyl (C=O) groups excluding carboxylic acids is 2. The van der Waals surface area contributed by atoms with Crippen molar-refractivity contribution in [3.05, 3.63) is 33.4 Å². The number of nitrogens with zero attached hydrogens (tertiary/aromatic N) is 1. The van der Waals surface area contributed by atoms with Gasteiger partial charge >= 0.3 is 5.97 Å². The number of esters is 1. The lowest BCUT2D eigenvalue weighted by Gasteiger charge is -2.39. The highest BCUT2D eigenvalue weighted by Gasteiger charge is 2.46. The van der Waals surface area contributed by atoms with Crippen LogP contribution in [0.3, 0.4) is 0 Å². The van der Waals surface area contributed by atoms with Gasteiger partial charge in [0.05, 0.1) is 17.7 Å². The zero-order valence-corrected chi connectivity index (χ0v) is 19.8. The fraction of sp³-hybridized carbons (Fsp3) is 0.522. The summed E-state index contributed by atoms with van der Waals surface area (Å²) in [6.45, 7) is 9.49. The Kier molecular flexibility index (Phi) is 6.14. The molecule has 1 aromatic rings. The highest BCUT2D eigenvalue weighted by atomic mass is 79.9. The third-order valence-electron chi connectivity index (χ3n) is 5.54. The predicted octanol–water partition coefficient (Wildman–Crippen LogP) is 4.93. The minimum absolute atomic E-state index is 0.00647. The maximum absolute atomic E-state index is 13.3. The van der Waals surface area contributed by atoms with Crippen LogP contribution in [0.15, 0.2) is 32.9 Å². The molecule has 6 nitrogen and oxygen atoms in total. The van der Waals surface area contributed by atoms with Crippen molar-refractivity contribution >= 4 is 33.4 Å². The van der Waals surface area contributed by atoms with E-state index in [1.165, 1.54) is 7.11 Å². The van der Waals surface area contributed by atoms with Crippen LogP contribution in [0, 0.1) is 11.3 Å². The number of aliphatic imine (C=N–C) groups is 1. The number of Topliss-reactive ketones (excluding diaryl/α,β-unsaturated/α-hetero) is 1. The Bertz CT molecular complexity index is 961. The Balaban J connectivity index is 2.23. The molecule has 2 atom stereocenters. The number of benzene rings is 1. The van der Waals surface area contributed by atoms with E-state index in [1.807, 2.05) is 20.8 Å². The first-order chi connectivity index (χ1) is 13.9. The molecule has 0 aromatic heterocycles. The summed E-state index contributed by atoms with van der Waals surface area (Å²) in [6.07, 6.45) is 0.757. The number of hydrogen-bond donors (Lipinski definition) is 1. The van der Waals surface area contributed by atoms with Crippen molar-refractivity contribution in [1.82, 2.24) is 0 Å². The average molecular weight is 478 g/mol. The van der Waals surface area contributed by atoms with Gasteiger partial charge in [-0.2, -0.15) is 0 Å². The van der Waals surface area contributed by atoms with Crippen LogP contribution in [0.25, 0.3) is 0 Å². The van der Waals surface area contributed by atoms with E-state index in [4.69, 9.17) is 14.5 Å². The second kappa shape index (κ2) is 8.17. The minimum atomic E-state index is -0.725. The molecule has 7 heteroatoms. The Morgan fingerprint density at radius 1 is 1.30 bits per heavy atom. The number of phenolic OH excluding ortho intramolecular Hbond substituents is 1. The van der Waals surface area contributed by atoms with Crippen LogP contribution in [0.2, 0.25) is 0 Å². The van der Waals surface area contributed by atoms with Crippen LogP contribution in [0.4, 0.5) is 0 Å². The maximum atomic E-state index is 13.3. The third-order valence-corrected chi connectivity index (χ3v) is 6.14. The molecule has 0 saturated heterocycles. The lowest BCUT2D eigenvalue weighted by atomic mass is 9.67. The highest BCUT2D eigenvalue weighted by Crippen LogP contribution is 2.49. The zero-order valence-electron chi connectivity index (χ0n) is 18.2. The van der Waals surface area contributed by atoms with E-state index in [9.17, 15) is 14.7 Å². The number of phenols is 1. The summed E-state index contributed by atoms with van der Waals surface area (Å²) in [7, 11) is 1.46. The van der Waals surface area contributed by atoms with E-state index < -0.39 is 17.8 Å².